The second-order valence-corrected chi connectivity index (χ2v) is 5.06. The largest absolute Gasteiger partial charge is 0.467 e. The van der Waals surface area contributed by atoms with Crippen molar-refractivity contribution >= 4 is 11.7 Å². The van der Waals surface area contributed by atoms with E-state index in [0.717, 1.165) is 0 Å². The van der Waals surface area contributed by atoms with Gasteiger partial charge < -0.3 is 10.1 Å². The van der Waals surface area contributed by atoms with E-state index < -0.39 is 5.54 Å². The summed E-state index contributed by atoms with van der Waals surface area (Å²) < 4.78 is 18.0. The number of carbonyl (C=O) groups excluding carboxylic acids is 1. The Hall–Kier alpha value is -1.58. The van der Waals surface area contributed by atoms with Gasteiger partial charge in [-0.15, -0.1) is 0 Å². The van der Waals surface area contributed by atoms with E-state index in [9.17, 15) is 9.18 Å². The number of hydrogen-bond donors (Lipinski definition) is 1. The molecular formula is C14H20FNO2. The zero-order chi connectivity index (χ0) is 13.8. The number of ether oxygens (including phenoxy) is 1. The number of nitrogens with one attached hydrogen (secondary N) is 1. The van der Waals surface area contributed by atoms with Gasteiger partial charge in [-0.1, -0.05) is 19.9 Å². The minimum atomic E-state index is -0.850. The fourth-order valence-electron chi connectivity index (χ4n) is 2.11. The SMILES string of the molecule is COC(=O)C(C)(CC(C)C)Nc1cccc(F)c1. The molecule has 0 saturated carbocycles. The summed E-state index contributed by atoms with van der Waals surface area (Å²) in [4.78, 5) is 11.9. The Morgan fingerprint density at radius 2 is 2.17 bits per heavy atom. The molecule has 1 aromatic rings. The third-order valence-corrected chi connectivity index (χ3v) is 2.70. The van der Waals surface area contributed by atoms with Gasteiger partial charge in [0.25, 0.3) is 0 Å². The minimum absolute atomic E-state index is 0.315. The molecule has 100 valence electrons. The Morgan fingerprint density at radius 3 is 2.67 bits per heavy atom. The number of esters is 1. The maximum atomic E-state index is 13.1. The van der Waals surface area contributed by atoms with Crippen LogP contribution in [0.25, 0.3) is 0 Å². The first kappa shape index (κ1) is 14.5. The quantitative estimate of drug-likeness (QED) is 0.819. The van der Waals surface area contributed by atoms with Crippen molar-refractivity contribution in [3.8, 4) is 0 Å². The summed E-state index contributed by atoms with van der Waals surface area (Å²) in [5, 5.41) is 3.06. The molecule has 1 unspecified atom stereocenters. The van der Waals surface area contributed by atoms with Crippen molar-refractivity contribution in [2.75, 3.05) is 12.4 Å². The molecule has 0 amide bonds. The van der Waals surface area contributed by atoms with Crippen LogP contribution in [0.2, 0.25) is 0 Å². The van der Waals surface area contributed by atoms with Crippen molar-refractivity contribution in [2.24, 2.45) is 5.92 Å². The predicted octanol–water partition coefficient (Wildman–Crippen LogP) is 3.22. The van der Waals surface area contributed by atoms with Gasteiger partial charge in [-0.3, -0.25) is 0 Å². The van der Waals surface area contributed by atoms with Gasteiger partial charge in [-0.05, 0) is 37.5 Å². The molecule has 4 heteroatoms. The van der Waals surface area contributed by atoms with Crippen molar-refractivity contribution in [3.63, 3.8) is 0 Å². The summed E-state index contributed by atoms with van der Waals surface area (Å²) in [5.41, 5.74) is -0.278. The van der Waals surface area contributed by atoms with Gasteiger partial charge >= 0.3 is 5.97 Å². The van der Waals surface area contributed by atoms with E-state index in [0.29, 0.717) is 18.0 Å². The first-order chi connectivity index (χ1) is 8.37. The van der Waals surface area contributed by atoms with Gasteiger partial charge in [0, 0.05) is 5.69 Å². The lowest BCUT2D eigenvalue weighted by molar-refractivity contribution is -0.146. The molecule has 1 aromatic carbocycles. The Labute approximate surface area is 107 Å². The van der Waals surface area contributed by atoms with Crippen LogP contribution >= 0.6 is 0 Å². The van der Waals surface area contributed by atoms with E-state index in [-0.39, 0.29) is 11.8 Å². The predicted molar refractivity (Wildman–Crippen MR) is 69.9 cm³/mol. The van der Waals surface area contributed by atoms with E-state index in [4.69, 9.17) is 4.74 Å². The van der Waals surface area contributed by atoms with Crippen LogP contribution in [0, 0.1) is 11.7 Å². The molecule has 0 spiro atoms. The van der Waals surface area contributed by atoms with Gasteiger partial charge in [0.1, 0.15) is 11.4 Å². The van der Waals surface area contributed by atoms with E-state index in [2.05, 4.69) is 5.32 Å². The molecule has 0 aromatic heterocycles. The number of methoxy groups -OCH3 is 1. The second kappa shape index (κ2) is 5.85. The van der Waals surface area contributed by atoms with Crippen molar-refractivity contribution in [1.82, 2.24) is 0 Å². The zero-order valence-electron chi connectivity index (χ0n) is 11.3. The average molecular weight is 253 g/mol. The molecule has 0 heterocycles. The smallest absolute Gasteiger partial charge is 0.331 e. The molecule has 18 heavy (non-hydrogen) atoms. The van der Waals surface area contributed by atoms with Crippen LogP contribution in [0.4, 0.5) is 10.1 Å². The number of benzene rings is 1. The summed E-state index contributed by atoms with van der Waals surface area (Å²) in [7, 11) is 1.36. The van der Waals surface area contributed by atoms with Gasteiger partial charge in [0.2, 0.25) is 0 Å². The fraction of sp³-hybridized carbons (Fsp3) is 0.500. The van der Waals surface area contributed by atoms with E-state index >= 15 is 0 Å². The molecule has 3 nitrogen and oxygen atoms in total. The minimum Gasteiger partial charge on any atom is -0.467 e. The topological polar surface area (TPSA) is 38.3 Å². The number of carbonyl (C=O) groups is 1. The van der Waals surface area contributed by atoms with Crippen LogP contribution in [0.3, 0.4) is 0 Å². The lowest BCUT2D eigenvalue weighted by Gasteiger charge is -2.30. The van der Waals surface area contributed by atoms with Gasteiger partial charge in [0.05, 0.1) is 7.11 Å². The lowest BCUT2D eigenvalue weighted by Crippen LogP contribution is -2.45. The third-order valence-electron chi connectivity index (χ3n) is 2.70. The van der Waals surface area contributed by atoms with Crippen molar-refractivity contribution in [2.45, 2.75) is 32.7 Å². The Morgan fingerprint density at radius 1 is 1.50 bits per heavy atom. The van der Waals surface area contributed by atoms with Gasteiger partial charge in [-0.25, -0.2) is 9.18 Å². The summed E-state index contributed by atoms with van der Waals surface area (Å²) in [6.45, 7) is 5.81. The molecule has 0 aliphatic heterocycles. The summed E-state index contributed by atoms with van der Waals surface area (Å²) in [5.74, 6) is -0.368. The highest BCUT2D eigenvalue weighted by Crippen LogP contribution is 2.24. The monoisotopic (exact) mass is 253 g/mol. The highest BCUT2D eigenvalue weighted by molar-refractivity contribution is 5.84. The van der Waals surface area contributed by atoms with Gasteiger partial charge in [0.15, 0.2) is 0 Å². The van der Waals surface area contributed by atoms with Crippen LogP contribution in [-0.2, 0) is 9.53 Å². The fourth-order valence-corrected chi connectivity index (χ4v) is 2.11. The lowest BCUT2D eigenvalue weighted by atomic mass is 9.90. The molecule has 0 saturated heterocycles. The molecule has 0 fully saturated rings. The summed E-state index contributed by atoms with van der Waals surface area (Å²) >= 11 is 0. The van der Waals surface area contributed by atoms with Crippen LogP contribution < -0.4 is 5.32 Å². The average Bonchev–Trinajstić information content (AvgIpc) is 2.26. The summed E-state index contributed by atoms with van der Waals surface area (Å²) in [6.07, 6.45) is 0.607. The number of hydrogen-bond acceptors (Lipinski definition) is 3. The van der Waals surface area contributed by atoms with Crippen molar-refractivity contribution < 1.29 is 13.9 Å². The number of halogens is 1. The molecule has 1 atom stereocenters. The van der Waals surface area contributed by atoms with E-state index in [1.54, 1.807) is 19.1 Å². The normalized spacial score (nSPS) is 14.1. The van der Waals surface area contributed by atoms with Gasteiger partial charge in [-0.2, -0.15) is 0 Å². The maximum Gasteiger partial charge on any atom is 0.331 e. The van der Waals surface area contributed by atoms with E-state index in [1.165, 1.54) is 19.2 Å². The molecule has 1 N–H and O–H groups in total. The molecule has 0 bridgehead atoms. The number of anilines is 1. The molecule has 0 aliphatic rings. The maximum absolute atomic E-state index is 13.1. The Bertz CT molecular complexity index is 420. The summed E-state index contributed by atoms with van der Waals surface area (Å²) in [6, 6.07) is 6.06. The van der Waals surface area contributed by atoms with Crippen molar-refractivity contribution in [3.05, 3.63) is 30.1 Å². The first-order valence-electron chi connectivity index (χ1n) is 5.99. The molecule has 1 rings (SSSR count). The highest BCUT2D eigenvalue weighted by atomic mass is 19.1. The Balaban J connectivity index is 2.94. The van der Waals surface area contributed by atoms with Crippen LogP contribution in [0.5, 0.6) is 0 Å². The third kappa shape index (κ3) is 3.72. The Kier molecular flexibility index (Phi) is 4.70. The van der Waals surface area contributed by atoms with E-state index in [1.807, 2.05) is 13.8 Å². The molecule has 0 aliphatic carbocycles. The zero-order valence-corrected chi connectivity index (χ0v) is 11.3. The first-order valence-corrected chi connectivity index (χ1v) is 5.99. The molecular weight excluding hydrogens is 233 g/mol. The highest BCUT2D eigenvalue weighted by Gasteiger charge is 2.35. The second-order valence-electron chi connectivity index (χ2n) is 5.06. The number of rotatable bonds is 5. The van der Waals surface area contributed by atoms with Crippen LogP contribution in [0.1, 0.15) is 27.2 Å². The molecule has 0 radical (unpaired) electrons. The standard InChI is InChI=1S/C14H20FNO2/c1-10(2)9-14(3,13(17)18-4)16-12-7-5-6-11(15)8-12/h5-8,10,16H,9H2,1-4H3. The van der Waals surface area contributed by atoms with Crippen LogP contribution in [-0.4, -0.2) is 18.6 Å². The van der Waals surface area contributed by atoms with Crippen LogP contribution in [0.15, 0.2) is 24.3 Å². The van der Waals surface area contributed by atoms with Crippen molar-refractivity contribution in [1.29, 1.82) is 0 Å².